The summed E-state index contributed by atoms with van der Waals surface area (Å²) in [6.45, 7) is 2.18. The summed E-state index contributed by atoms with van der Waals surface area (Å²) >= 11 is 0. The lowest BCUT2D eigenvalue weighted by Gasteiger charge is -2.22. The quantitative estimate of drug-likeness (QED) is 0.210. The third kappa shape index (κ3) is 4.73. The van der Waals surface area contributed by atoms with Crippen LogP contribution in [0, 0.1) is 0 Å². The van der Waals surface area contributed by atoms with E-state index in [1.165, 1.54) is 45.6 Å². The van der Waals surface area contributed by atoms with E-state index in [-0.39, 0.29) is 34.2 Å². The molecule has 1 aromatic rings. The molecule has 0 amide bonds. The fourth-order valence-corrected chi connectivity index (χ4v) is 3.54. The minimum atomic E-state index is -0.501. The van der Waals surface area contributed by atoms with E-state index in [9.17, 15) is 9.59 Å². The Morgan fingerprint density at radius 3 is 2.25 bits per heavy atom. The summed E-state index contributed by atoms with van der Waals surface area (Å²) < 4.78 is 10.9. The van der Waals surface area contributed by atoms with Gasteiger partial charge in [-0.15, -0.1) is 0 Å². The van der Waals surface area contributed by atoms with Crippen molar-refractivity contribution in [1.29, 1.82) is 0 Å². The van der Waals surface area contributed by atoms with Crippen LogP contribution in [0.2, 0.25) is 0 Å². The third-order valence-corrected chi connectivity index (χ3v) is 4.96. The molecule has 0 aromatic heterocycles. The van der Waals surface area contributed by atoms with E-state index in [2.05, 4.69) is 16.9 Å². The number of nitrogens with zero attached hydrogens (tertiary/aromatic N) is 3. The Bertz CT molecular complexity index is 810. The molecule has 7 heteroatoms. The molecule has 28 heavy (non-hydrogen) atoms. The van der Waals surface area contributed by atoms with Crippen LogP contribution in [-0.4, -0.2) is 25.8 Å². The maximum Gasteiger partial charge on any atom is 0.190 e. The molecule has 1 aliphatic carbocycles. The van der Waals surface area contributed by atoms with E-state index in [0.717, 1.165) is 19.3 Å². The second-order valence-corrected chi connectivity index (χ2v) is 6.79. The first-order valence-corrected chi connectivity index (χ1v) is 9.68. The van der Waals surface area contributed by atoms with Gasteiger partial charge >= 0.3 is 0 Å². The number of azide groups is 1. The minimum Gasteiger partial charge on any atom is -0.496 e. The van der Waals surface area contributed by atoms with Crippen molar-refractivity contribution >= 4 is 11.6 Å². The van der Waals surface area contributed by atoms with Gasteiger partial charge in [-0.3, -0.25) is 9.59 Å². The molecule has 150 valence electrons. The number of fused-ring (bicyclic) bond motifs is 1. The van der Waals surface area contributed by atoms with Gasteiger partial charge in [0.2, 0.25) is 0 Å². The lowest BCUT2D eigenvalue weighted by atomic mass is 9.88. The highest BCUT2D eigenvalue weighted by molar-refractivity contribution is 6.24. The normalized spacial score (nSPS) is 13.7. The Morgan fingerprint density at radius 2 is 1.64 bits per heavy atom. The first-order valence-electron chi connectivity index (χ1n) is 9.68. The monoisotopic (exact) mass is 385 g/mol. The summed E-state index contributed by atoms with van der Waals surface area (Å²) in [5.41, 5.74) is 9.98. The van der Waals surface area contributed by atoms with E-state index in [0.29, 0.717) is 12.0 Å². The molecule has 0 fully saturated rings. The number of hydrogen-bond donors (Lipinski definition) is 0. The molecule has 0 saturated carbocycles. The Balaban J connectivity index is 2.39. The number of benzene rings is 1. The zero-order chi connectivity index (χ0) is 20.5. The second-order valence-electron chi connectivity index (χ2n) is 6.79. The first kappa shape index (κ1) is 21.5. The molecule has 7 nitrogen and oxygen atoms in total. The van der Waals surface area contributed by atoms with Crippen molar-refractivity contribution in [1.82, 2.24) is 0 Å². The van der Waals surface area contributed by atoms with Crippen molar-refractivity contribution in [2.45, 2.75) is 57.9 Å². The number of carbonyl (C=O) groups excluding carboxylic acids is 2. The van der Waals surface area contributed by atoms with Crippen molar-refractivity contribution in [3.63, 3.8) is 0 Å². The molecular weight excluding hydrogens is 358 g/mol. The van der Waals surface area contributed by atoms with Gasteiger partial charge < -0.3 is 9.47 Å². The smallest absolute Gasteiger partial charge is 0.190 e. The molecule has 1 aromatic carbocycles. The molecule has 0 aliphatic heterocycles. The number of methoxy groups -OCH3 is 2. The summed E-state index contributed by atoms with van der Waals surface area (Å²) in [5.74, 6) is -0.0742. The van der Waals surface area contributed by atoms with Gasteiger partial charge in [-0.05, 0) is 30.2 Å². The van der Waals surface area contributed by atoms with Crippen LogP contribution >= 0.6 is 0 Å². The maximum absolute atomic E-state index is 12.5. The third-order valence-electron chi connectivity index (χ3n) is 4.96. The predicted octanol–water partition coefficient (Wildman–Crippen LogP) is 5.74. The van der Waals surface area contributed by atoms with E-state index >= 15 is 0 Å². The highest BCUT2D eigenvalue weighted by atomic mass is 16.5. The summed E-state index contributed by atoms with van der Waals surface area (Å²) in [4.78, 5) is 27.8. The van der Waals surface area contributed by atoms with Crippen molar-refractivity contribution in [3.8, 4) is 11.5 Å². The average molecular weight is 385 g/mol. The number of unbranched alkanes of at least 4 members (excludes halogenated alkanes) is 5. The van der Waals surface area contributed by atoms with Crippen LogP contribution < -0.4 is 9.47 Å². The Morgan fingerprint density at radius 1 is 1.00 bits per heavy atom. The number of rotatable bonds is 11. The molecule has 2 rings (SSSR count). The second kappa shape index (κ2) is 10.5. The van der Waals surface area contributed by atoms with Gasteiger partial charge in [0.05, 0.1) is 31.4 Å². The van der Waals surface area contributed by atoms with E-state index < -0.39 is 6.04 Å². The van der Waals surface area contributed by atoms with Gasteiger partial charge in [-0.2, -0.15) is 0 Å². The summed E-state index contributed by atoms with van der Waals surface area (Å²) in [6, 6.07) is 1.15. The Labute approximate surface area is 165 Å². The van der Waals surface area contributed by atoms with Gasteiger partial charge in [0.15, 0.2) is 11.6 Å². The van der Waals surface area contributed by atoms with Crippen molar-refractivity contribution in [3.05, 3.63) is 45.4 Å². The lowest BCUT2D eigenvalue weighted by molar-refractivity contribution is 0.0988. The Hall–Kier alpha value is -2.79. The highest BCUT2D eigenvalue weighted by Gasteiger charge is 2.31. The number of ether oxygens (including phenoxy) is 2. The summed E-state index contributed by atoms with van der Waals surface area (Å²) in [6.07, 6.45) is 9.77. The molecule has 1 aliphatic rings. The molecule has 0 N–H and O–H groups in total. The molecule has 0 heterocycles. The molecule has 1 unspecified atom stereocenters. The van der Waals surface area contributed by atoms with E-state index in [1.807, 2.05) is 0 Å². The lowest BCUT2D eigenvalue weighted by Crippen LogP contribution is -2.17. The van der Waals surface area contributed by atoms with E-state index in [1.54, 1.807) is 6.07 Å². The van der Waals surface area contributed by atoms with Crippen LogP contribution in [0.4, 0.5) is 0 Å². The van der Waals surface area contributed by atoms with Crippen molar-refractivity contribution in [2.24, 2.45) is 5.11 Å². The van der Waals surface area contributed by atoms with Crippen LogP contribution in [0.3, 0.4) is 0 Å². The van der Waals surface area contributed by atoms with Crippen molar-refractivity contribution in [2.75, 3.05) is 14.2 Å². The number of hydrogen-bond acceptors (Lipinski definition) is 5. The molecule has 0 saturated heterocycles. The topological polar surface area (TPSA) is 101 Å². The SMILES string of the molecule is CCCCCCCCC(N=[N+]=[N-])c1cc(OC)c2c(c1OC)C(=O)C=CC2=O. The molecule has 1 atom stereocenters. The zero-order valence-corrected chi connectivity index (χ0v) is 16.7. The van der Waals surface area contributed by atoms with Gasteiger partial charge in [-0.25, -0.2) is 0 Å². The van der Waals surface area contributed by atoms with Gasteiger partial charge in [0.1, 0.15) is 11.5 Å². The van der Waals surface area contributed by atoms with E-state index in [4.69, 9.17) is 15.0 Å². The molecule has 0 spiro atoms. The van der Waals surface area contributed by atoms with Gasteiger partial charge in [0, 0.05) is 10.5 Å². The fourth-order valence-electron chi connectivity index (χ4n) is 3.54. The first-order chi connectivity index (χ1) is 13.6. The van der Waals surface area contributed by atoms with Crippen LogP contribution in [0.25, 0.3) is 10.4 Å². The fraction of sp³-hybridized carbons (Fsp3) is 0.524. The van der Waals surface area contributed by atoms with Crippen LogP contribution in [0.15, 0.2) is 23.3 Å². The Kier molecular flexibility index (Phi) is 8.08. The highest BCUT2D eigenvalue weighted by Crippen LogP contribution is 2.42. The number of ketones is 2. The molecular formula is C21H27N3O4. The van der Waals surface area contributed by atoms with Crippen LogP contribution in [-0.2, 0) is 0 Å². The summed E-state index contributed by atoms with van der Waals surface area (Å²) in [5, 5.41) is 3.94. The number of allylic oxidation sites excluding steroid dienone is 2. The number of carbonyl (C=O) groups is 2. The maximum atomic E-state index is 12.5. The van der Waals surface area contributed by atoms with Crippen molar-refractivity contribution < 1.29 is 19.1 Å². The average Bonchev–Trinajstić information content (AvgIpc) is 2.71. The zero-order valence-electron chi connectivity index (χ0n) is 16.7. The minimum absolute atomic E-state index is 0.172. The van der Waals surface area contributed by atoms with Crippen LogP contribution in [0.1, 0.15) is 84.2 Å². The molecule has 0 bridgehead atoms. The van der Waals surface area contributed by atoms with Crippen LogP contribution in [0.5, 0.6) is 11.5 Å². The van der Waals surface area contributed by atoms with Gasteiger partial charge in [-0.1, -0.05) is 50.6 Å². The summed E-state index contributed by atoms with van der Waals surface area (Å²) in [7, 11) is 2.89. The standard InChI is InChI=1S/C21H27N3O4/c1-4-5-6-7-8-9-10-15(23-24-22)14-13-18(27-2)19-16(25)11-12-17(26)20(19)21(14)28-3/h11-13,15H,4-10H2,1-3H3. The molecule has 0 radical (unpaired) electrons. The van der Waals surface area contributed by atoms with Gasteiger partial charge in [0.25, 0.3) is 0 Å². The largest absolute Gasteiger partial charge is 0.496 e. The predicted molar refractivity (Wildman–Crippen MR) is 107 cm³/mol.